The van der Waals surface area contributed by atoms with E-state index in [4.69, 9.17) is 0 Å². The standard InChI is InChI=1S/C29H21N/c1-2-30-27-15-20-9-4-3-8-19(20)14-25(27)26-17-24-22(16-28(26)30)13-21-12-11-18-7-5-6-10-23(18)29(21)24/h3-12,14-17H,2,13H2,1H3. The number of aromatic nitrogens is 1. The number of hydrogen-bond acceptors (Lipinski definition) is 0. The van der Waals surface area contributed by atoms with Gasteiger partial charge in [0.15, 0.2) is 0 Å². The van der Waals surface area contributed by atoms with Crippen molar-refractivity contribution < 1.29 is 0 Å². The summed E-state index contributed by atoms with van der Waals surface area (Å²) in [6.45, 7) is 3.23. The molecule has 0 radical (unpaired) electrons. The summed E-state index contributed by atoms with van der Waals surface area (Å²) in [7, 11) is 0. The van der Waals surface area contributed by atoms with Gasteiger partial charge in [0, 0.05) is 28.4 Å². The summed E-state index contributed by atoms with van der Waals surface area (Å²) in [5.74, 6) is 0. The van der Waals surface area contributed by atoms with E-state index >= 15 is 0 Å². The fraction of sp³-hybridized carbons (Fsp3) is 0.103. The second-order valence-electron chi connectivity index (χ2n) is 8.48. The number of aryl methyl sites for hydroxylation is 1. The molecule has 1 nitrogen and oxygen atoms in total. The predicted octanol–water partition coefficient (Wildman–Crippen LogP) is 7.69. The molecule has 0 N–H and O–H groups in total. The lowest BCUT2D eigenvalue weighted by Gasteiger charge is -2.08. The van der Waals surface area contributed by atoms with Gasteiger partial charge < -0.3 is 4.57 Å². The van der Waals surface area contributed by atoms with E-state index in [0.717, 1.165) is 13.0 Å². The fourth-order valence-corrected chi connectivity index (χ4v) is 5.57. The van der Waals surface area contributed by atoms with E-state index in [2.05, 4.69) is 96.4 Å². The minimum Gasteiger partial charge on any atom is -0.341 e. The van der Waals surface area contributed by atoms with Crippen LogP contribution in [0.4, 0.5) is 0 Å². The van der Waals surface area contributed by atoms with Gasteiger partial charge >= 0.3 is 0 Å². The molecule has 1 aromatic heterocycles. The average Bonchev–Trinajstić information content (AvgIpc) is 3.30. The molecule has 7 rings (SSSR count). The van der Waals surface area contributed by atoms with E-state index in [1.54, 1.807) is 0 Å². The van der Waals surface area contributed by atoms with Crippen LogP contribution < -0.4 is 0 Å². The van der Waals surface area contributed by atoms with Crippen LogP contribution in [0.3, 0.4) is 0 Å². The van der Waals surface area contributed by atoms with Gasteiger partial charge in [0.1, 0.15) is 0 Å². The first kappa shape index (κ1) is 16.2. The summed E-state index contributed by atoms with van der Waals surface area (Å²) >= 11 is 0. The normalized spacial score (nSPS) is 12.8. The molecule has 1 heteroatoms. The third-order valence-electron chi connectivity index (χ3n) is 6.94. The Bertz CT molecular complexity index is 1650. The molecule has 0 amide bonds. The Labute approximate surface area is 175 Å². The van der Waals surface area contributed by atoms with E-state index in [1.807, 2.05) is 0 Å². The SMILES string of the molecule is CCn1c2cc3c(cc2c2cc4ccccc4cc21)-c1c(ccc2ccccc12)C3. The van der Waals surface area contributed by atoms with Crippen molar-refractivity contribution in [2.75, 3.05) is 0 Å². The first-order valence-electron chi connectivity index (χ1n) is 10.8. The van der Waals surface area contributed by atoms with Gasteiger partial charge in [-0.2, -0.15) is 0 Å². The fourth-order valence-electron chi connectivity index (χ4n) is 5.57. The topological polar surface area (TPSA) is 4.93 Å². The van der Waals surface area contributed by atoms with Gasteiger partial charge in [-0.1, -0.05) is 60.7 Å². The Morgan fingerprint density at radius 3 is 2.17 bits per heavy atom. The molecule has 0 atom stereocenters. The van der Waals surface area contributed by atoms with Crippen LogP contribution in [0.1, 0.15) is 18.1 Å². The Kier molecular flexibility index (Phi) is 3.10. The Morgan fingerprint density at radius 1 is 0.633 bits per heavy atom. The predicted molar refractivity (Wildman–Crippen MR) is 128 cm³/mol. The molecule has 0 fully saturated rings. The van der Waals surface area contributed by atoms with Crippen molar-refractivity contribution in [2.45, 2.75) is 19.9 Å². The van der Waals surface area contributed by atoms with Crippen molar-refractivity contribution in [3.63, 3.8) is 0 Å². The van der Waals surface area contributed by atoms with E-state index in [1.165, 1.54) is 65.6 Å². The molecule has 0 unspecified atom stereocenters. The van der Waals surface area contributed by atoms with Crippen LogP contribution in [-0.2, 0) is 13.0 Å². The van der Waals surface area contributed by atoms with Crippen molar-refractivity contribution in [3.05, 3.63) is 96.1 Å². The summed E-state index contributed by atoms with van der Waals surface area (Å²) in [5.41, 5.74) is 8.46. The highest BCUT2D eigenvalue weighted by Crippen LogP contribution is 2.45. The van der Waals surface area contributed by atoms with Crippen LogP contribution >= 0.6 is 0 Å². The Morgan fingerprint density at radius 2 is 1.33 bits per heavy atom. The highest BCUT2D eigenvalue weighted by atomic mass is 15.0. The molecule has 142 valence electrons. The summed E-state index contributed by atoms with van der Waals surface area (Å²) in [6, 6.07) is 31.7. The zero-order valence-electron chi connectivity index (χ0n) is 16.9. The molecule has 0 saturated carbocycles. The van der Waals surface area contributed by atoms with Crippen LogP contribution in [-0.4, -0.2) is 4.57 Å². The van der Waals surface area contributed by atoms with E-state index in [0.29, 0.717) is 0 Å². The van der Waals surface area contributed by atoms with Gasteiger partial charge in [0.05, 0.1) is 0 Å². The van der Waals surface area contributed by atoms with Crippen molar-refractivity contribution in [2.24, 2.45) is 0 Å². The van der Waals surface area contributed by atoms with Gasteiger partial charge in [0.25, 0.3) is 0 Å². The van der Waals surface area contributed by atoms with Gasteiger partial charge in [-0.3, -0.25) is 0 Å². The summed E-state index contributed by atoms with van der Waals surface area (Å²) in [6.07, 6.45) is 1.03. The van der Waals surface area contributed by atoms with Crippen LogP contribution in [0.15, 0.2) is 84.9 Å². The second-order valence-corrected chi connectivity index (χ2v) is 8.48. The molecule has 0 bridgehead atoms. The molecule has 30 heavy (non-hydrogen) atoms. The lowest BCUT2D eigenvalue weighted by molar-refractivity contribution is 0.827. The van der Waals surface area contributed by atoms with Crippen LogP contribution in [0.25, 0.3) is 54.5 Å². The molecule has 1 aliphatic rings. The Balaban J connectivity index is 1.62. The maximum absolute atomic E-state index is 2.48. The van der Waals surface area contributed by atoms with Gasteiger partial charge in [-0.05, 0) is 81.4 Å². The van der Waals surface area contributed by atoms with E-state index in [9.17, 15) is 0 Å². The summed E-state index contributed by atoms with van der Waals surface area (Å²) in [5, 5.41) is 8.06. The zero-order chi connectivity index (χ0) is 19.8. The third-order valence-corrected chi connectivity index (χ3v) is 6.94. The largest absolute Gasteiger partial charge is 0.341 e. The third kappa shape index (κ3) is 2.02. The first-order chi connectivity index (χ1) is 14.8. The van der Waals surface area contributed by atoms with Crippen LogP contribution in [0.2, 0.25) is 0 Å². The Hall–Kier alpha value is -3.58. The van der Waals surface area contributed by atoms with Crippen molar-refractivity contribution in [1.82, 2.24) is 4.57 Å². The maximum atomic E-state index is 2.48. The van der Waals surface area contributed by atoms with Gasteiger partial charge in [-0.15, -0.1) is 0 Å². The number of nitrogens with zero attached hydrogens (tertiary/aromatic N) is 1. The quantitative estimate of drug-likeness (QED) is 0.274. The van der Waals surface area contributed by atoms with Crippen LogP contribution in [0.5, 0.6) is 0 Å². The molecule has 5 aromatic carbocycles. The minimum absolute atomic E-state index is 0.979. The monoisotopic (exact) mass is 383 g/mol. The molecule has 0 saturated heterocycles. The number of benzene rings is 5. The lowest BCUT2D eigenvalue weighted by Crippen LogP contribution is -1.93. The van der Waals surface area contributed by atoms with Crippen molar-refractivity contribution in [3.8, 4) is 11.1 Å². The molecule has 1 aliphatic carbocycles. The van der Waals surface area contributed by atoms with Crippen molar-refractivity contribution >= 4 is 43.4 Å². The number of fused-ring (bicyclic) bond motifs is 9. The molecule has 6 aromatic rings. The maximum Gasteiger partial charge on any atom is 0.0497 e. The number of hydrogen-bond donors (Lipinski definition) is 0. The lowest BCUT2D eigenvalue weighted by atomic mass is 9.96. The highest BCUT2D eigenvalue weighted by Gasteiger charge is 2.23. The molecule has 0 aliphatic heterocycles. The zero-order valence-corrected chi connectivity index (χ0v) is 16.9. The molecular formula is C29H21N. The van der Waals surface area contributed by atoms with E-state index in [-0.39, 0.29) is 0 Å². The van der Waals surface area contributed by atoms with Gasteiger partial charge in [0.2, 0.25) is 0 Å². The summed E-state index contributed by atoms with van der Waals surface area (Å²) < 4.78 is 2.48. The van der Waals surface area contributed by atoms with Crippen molar-refractivity contribution in [1.29, 1.82) is 0 Å². The highest BCUT2D eigenvalue weighted by molar-refractivity contribution is 6.15. The summed E-state index contributed by atoms with van der Waals surface area (Å²) in [4.78, 5) is 0. The molecular weight excluding hydrogens is 362 g/mol. The van der Waals surface area contributed by atoms with E-state index < -0.39 is 0 Å². The van der Waals surface area contributed by atoms with Gasteiger partial charge in [-0.25, -0.2) is 0 Å². The second kappa shape index (κ2) is 5.73. The smallest absolute Gasteiger partial charge is 0.0497 e. The minimum atomic E-state index is 0.979. The average molecular weight is 383 g/mol. The molecule has 0 spiro atoms. The molecule has 1 heterocycles. The number of rotatable bonds is 1. The van der Waals surface area contributed by atoms with Crippen LogP contribution in [0, 0.1) is 0 Å². The first-order valence-corrected chi connectivity index (χ1v) is 10.8.